The van der Waals surface area contributed by atoms with Crippen molar-refractivity contribution in [3.05, 3.63) is 12.3 Å². The summed E-state index contributed by atoms with van der Waals surface area (Å²) in [6, 6.07) is 0. The zero-order valence-electron chi connectivity index (χ0n) is 6.69. The number of nitrogens with zero attached hydrogens (tertiary/aromatic N) is 1. The van der Waals surface area contributed by atoms with Crippen LogP contribution in [0.4, 0.5) is 0 Å². The average Bonchev–Trinajstić information content (AvgIpc) is 2.69. The maximum Gasteiger partial charge on any atom is 0.101 e. The van der Waals surface area contributed by atoms with Gasteiger partial charge >= 0.3 is 0 Å². The van der Waals surface area contributed by atoms with Crippen LogP contribution in [0.5, 0.6) is 0 Å². The molecule has 1 saturated heterocycles. The van der Waals surface area contributed by atoms with Gasteiger partial charge in [-0.1, -0.05) is 26.3 Å². The topological polar surface area (TPSA) is 25.0 Å². The fourth-order valence-corrected chi connectivity index (χ4v) is 0.973. The van der Waals surface area contributed by atoms with Crippen LogP contribution in [0.25, 0.3) is 0 Å². The Labute approximate surface area is 62.9 Å². The van der Waals surface area contributed by atoms with Gasteiger partial charge in [-0.2, -0.15) is 0 Å². The molecule has 1 rings (SSSR count). The molecule has 2 heteroatoms. The molecule has 0 spiro atoms. The Bertz CT molecular complexity index is 116. The van der Waals surface area contributed by atoms with Crippen molar-refractivity contribution in [1.29, 1.82) is 0 Å². The van der Waals surface area contributed by atoms with Gasteiger partial charge in [0.1, 0.15) is 6.67 Å². The van der Waals surface area contributed by atoms with E-state index in [0.29, 0.717) is 0 Å². The minimum absolute atomic E-state index is 1.00. The fourth-order valence-electron chi connectivity index (χ4n) is 0.973. The summed E-state index contributed by atoms with van der Waals surface area (Å²) >= 11 is 0. The molecule has 0 aromatic rings. The summed E-state index contributed by atoms with van der Waals surface area (Å²) in [6.45, 7) is 7.18. The first kappa shape index (κ1) is 7.61. The van der Waals surface area contributed by atoms with Crippen LogP contribution in [0.3, 0.4) is 0 Å². The molecule has 0 radical (unpaired) electrons. The molecule has 0 unspecified atom stereocenters. The fraction of sp³-hybridized carbons (Fsp3) is 0.750. The highest BCUT2D eigenvalue weighted by molar-refractivity contribution is 4.95. The number of hydrogen-bond acceptors (Lipinski definition) is 2. The lowest BCUT2D eigenvalue weighted by Crippen LogP contribution is -1.98. The number of nitrogens with one attached hydrogen (secondary N) is 1. The van der Waals surface area contributed by atoms with E-state index in [-0.39, 0.29) is 0 Å². The molecular weight excluding hydrogens is 124 g/mol. The summed E-state index contributed by atoms with van der Waals surface area (Å²) in [5.41, 5.74) is 4.34. The van der Waals surface area contributed by atoms with E-state index in [1.807, 2.05) is 0 Å². The van der Waals surface area contributed by atoms with Crippen LogP contribution in [-0.2, 0) is 0 Å². The van der Waals surface area contributed by atoms with Crippen molar-refractivity contribution < 1.29 is 0 Å². The average molecular weight is 140 g/mol. The summed E-state index contributed by atoms with van der Waals surface area (Å²) in [5.74, 6) is 0. The lowest BCUT2D eigenvalue weighted by molar-refractivity contribution is 0.572. The molecule has 0 aromatic heterocycles. The summed E-state index contributed by atoms with van der Waals surface area (Å²) in [5, 5.41) is 2.09. The van der Waals surface area contributed by atoms with E-state index in [1.54, 1.807) is 0 Å². The highest BCUT2D eigenvalue weighted by atomic mass is 15.7. The number of hydrazine groups is 1. The summed E-state index contributed by atoms with van der Waals surface area (Å²) < 4.78 is 0. The van der Waals surface area contributed by atoms with E-state index >= 15 is 0 Å². The normalized spacial score (nSPS) is 15.5. The van der Waals surface area contributed by atoms with Crippen LogP contribution < -0.4 is 5.43 Å². The van der Waals surface area contributed by atoms with Crippen molar-refractivity contribution in [2.75, 3.05) is 6.67 Å². The van der Waals surface area contributed by atoms with E-state index in [1.165, 1.54) is 25.0 Å². The molecular formula is C8H16N2. The minimum atomic E-state index is 1.00. The molecule has 0 saturated carbocycles. The Morgan fingerprint density at radius 3 is 2.80 bits per heavy atom. The van der Waals surface area contributed by atoms with E-state index in [4.69, 9.17) is 0 Å². The monoisotopic (exact) mass is 140 g/mol. The van der Waals surface area contributed by atoms with Gasteiger partial charge in [-0.25, -0.2) is 5.43 Å². The molecule has 2 nitrogen and oxygen atoms in total. The minimum Gasteiger partial charge on any atom is -0.296 e. The number of unbranched alkanes of at least 4 members (excludes halogenated alkanes) is 2. The molecule has 0 aliphatic carbocycles. The van der Waals surface area contributed by atoms with Crippen molar-refractivity contribution in [1.82, 2.24) is 10.4 Å². The van der Waals surface area contributed by atoms with Crippen molar-refractivity contribution >= 4 is 0 Å². The Kier molecular flexibility index (Phi) is 2.75. The predicted octanol–water partition coefficient (Wildman–Crippen LogP) is 1.86. The zero-order chi connectivity index (χ0) is 7.40. The SMILES string of the molecule is C=C(CCCCC)N1CN1. The van der Waals surface area contributed by atoms with Crippen molar-refractivity contribution in [2.45, 2.75) is 32.6 Å². The first-order valence-corrected chi connectivity index (χ1v) is 4.03. The van der Waals surface area contributed by atoms with Gasteiger partial charge in [0.05, 0.1) is 0 Å². The summed E-state index contributed by atoms with van der Waals surface area (Å²) in [6.07, 6.45) is 5.06. The molecule has 0 bridgehead atoms. The second-order valence-electron chi connectivity index (χ2n) is 2.77. The molecule has 0 aromatic carbocycles. The second-order valence-corrected chi connectivity index (χ2v) is 2.77. The van der Waals surface area contributed by atoms with Crippen molar-refractivity contribution in [3.63, 3.8) is 0 Å². The van der Waals surface area contributed by atoms with E-state index < -0.39 is 0 Å². The second kappa shape index (κ2) is 3.62. The molecule has 1 heterocycles. The lowest BCUT2D eigenvalue weighted by Gasteiger charge is -2.03. The molecule has 1 aliphatic rings. The van der Waals surface area contributed by atoms with Crippen LogP contribution in [-0.4, -0.2) is 11.7 Å². The summed E-state index contributed by atoms with van der Waals surface area (Å²) in [4.78, 5) is 0. The third-order valence-electron chi connectivity index (χ3n) is 1.77. The Morgan fingerprint density at radius 2 is 2.30 bits per heavy atom. The van der Waals surface area contributed by atoms with Gasteiger partial charge in [-0.3, -0.25) is 5.01 Å². The standard InChI is InChI=1S/C8H16N2/c1-3-4-5-6-8(2)10-7-9-10/h9H,2-7H2,1H3. The van der Waals surface area contributed by atoms with Gasteiger partial charge in [0.15, 0.2) is 0 Å². The molecule has 1 fully saturated rings. The third-order valence-corrected chi connectivity index (χ3v) is 1.77. The zero-order valence-corrected chi connectivity index (χ0v) is 6.69. The smallest absolute Gasteiger partial charge is 0.101 e. The first-order chi connectivity index (χ1) is 4.84. The summed E-state index contributed by atoms with van der Waals surface area (Å²) in [7, 11) is 0. The first-order valence-electron chi connectivity index (χ1n) is 4.03. The molecule has 58 valence electrons. The van der Waals surface area contributed by atoms with Gasteiger partial charge in [0, 0.05) is 5.70 Å². The highest BCUT2D eigenvalue weighted by Gasteiger charge is 2.16. The van der Waals surface area contributed by atoms with E-state index in [2.05, 4.69) is 23.9 Å². The molecule has 0 atom stereocenters. The van der Waals surface area contributed by atoms with Crippen LogP contribution in [0.2, 0.25) is 0 Å². The van der Waals surface area contributed by atoms with Crippen molar-refractivity contribution in [2.24, 2.45) is 0 Å². The van der Waals surface area contributed by atoms with E-state index in [0.717, 1.165) is 13.1 Å². The van der Waals surface area contributed by atoms with Gasteiger partial charge in [0.2, 0.25) is 0 Å². The number of allylic oxidation sites excluding steroid dienone is 1. The largest absolute Gasteiger partial charge is 0.296 e. The highest BCUT2D eigenvalue weighted by Crippen LogP contribution is 2.13. The molecule has 1 N–H and O–H groups in total. The van der Waals surface area contributed by atoms with Crippen LogP contribution >= 0.6 is 0 Å². The Morgan fingerprint density at radius 1 is 1.60 bits per heavy atom. The van der Waals surface area contributed by atoms with Crippen LogP contribution in [0.15, 0.2) is 12.3 Å². The van der Waals surface area contributed by atoms with Gasteiger partial charge in [0.25, 0.3) is 0 Å². The lowest BCUT2D eigenvalue weighted by atomic mass is 10.2. The van der Waals surface area contributed by atoms with Crippen LogP contribution in [0, 0.1) is 0 Å². The third kappa shape index (κ3) is 2.40. The van der Waals surface area contributed by atoms with E-state index in [9.17, 15) is 0 Å². The van der Waals surface area contributed by atoms with Crippen LogP contribution in [0.1, 0.15) is 32.6 Å². The predicted molar refractivity (Wildman–Crippen MR) is 43.1 cm³/mol. The van der Waals surface area contributed by atoms with Crippen molar-refractivity contribution in [3.8, 4) is 0 Å². The van der Waals surface area contributed by atoms with Gasteiger partial charge in [-0.15, -0.1) is 0 Å². The molecule has 1 aliphatic heterocycles. The van der Waals surface area contributed by atoms with Gasteiger partial charge < -0.3 is 0 Å². The maximum atomic E-state index is 3.95. The number of hydrogen-bond donors (Lipinski definition) is 1. The van der Waals surface area contributed by atoms with Gasteiger partial charge in [-0.05, 0) is 12.8 Å². The molecule has 10 heavy (non-hydrogen) atoms. The quantitative estimate of drug-likeness (QED) is 0.465. The number of rotatable bonds is 5. The Balaban J connectivity index is 1.95. The molecule has 0 amide bonds. The maximum absolute atomic E-state index is 3.95. The Hall–Kier alpha value is -0.500.